The fraction of sp³-hybridized carbons (Fsp3) is 0.273. The number of allylic oxidation sites excluding steroid dienone is 4. The Kier molecular flexibility index (Phi) is 7.19. The molecular weight excluding hydrogens is 382 g/mol. The molecule has 7 heteroatoms. The number of nitrogens with one attached hydrogen (secondary N) is 2. The fourth-order valence-corrected chi connectivity index (χ4v) is 3.63. The van der Waals surface area contributed by atoms with Gasteiger partial charge in [0.05, 0.1) is 6.67 Å². The Labute approximate surface area is 176 Å². The van der Waals surface area contributed by atoms with Gasteiger partial charge in [0.1, 0.15) is 11.5 Å². The highest BCUT2D eigenvalue weighted by Gasteiger charge is 2.31. The molecule has 3 rings (SSSR count). The maximum atomic E-state index is 6.04. The van der Waals surface area contributed by atoms with Crippen LogP contribution in [0.4, 0.5) is 11.6 Å². The van der Waals surface area contributed by atoms with Crippen LogP contribution >= 0.6 is 11.8 Å². The minimum Gasteiger partial charge on any atom is -0.461 e. The summed E-state index contributed by atoms with van der Waals surface area (Å²) in [5.41, 5.74) is 1.92. The Morgan fingerprint density at radius 3 is 2.86 bits per heavy atom. The number of thioether (sulfide) groups is 1. The Hall–Kier alpha value is -2.93. The third-order valence-electron chi connectivity index (χ3n) is 4.46. The molecule has 6 nitrogen and oxygen atoms in total. The number of rotatable bonds is 8. The number of nitrogens with zero attached hydrogens (tertiary/aromatic N) is 3. The minimum absolute atomic E-state index is 0.285. The Bertz CT molecular complexity index is 925. The van der Waals surface area contributed by atoms with Crippen molar-refractivity contribution in [2.45, 2.75) is 20.1 Å². The van der Waals surface area contributed by atoms with Crippen molar-refractivity contribution >= 4 is 23.4 Å². The van der Waals surface area contributed by atoms with Crippen LogP contribution in [0.3, 0.4) is 0 Å². The van der Waals surface area contributed by atoms with Crippen LogP contribution in [0, 0.1) is 0 Å². The van der Waals surface area contributed by atoms with Gasteiger partial charge in [-0.05, 0) is 50.4 Å². The maximum absolute atomic E-state index is 6.04. The zero-order valence-electron chi connectivity index (χ0n) is 17.2. The summed E-state index contributed by atoms with van der Waals surface area (Å²) in [5.74, 6) is 2.39. The van der Waals surface area contributed by atoms with Crippen LogP contribution < -0.4 is 20.3 Å². The van der Waals surface area contributed by atoms with Gasteiger partial charge in [-0.15, -0.1) is 11.8 Å². The Balaban J connectivity index is 1.64. The number of hydrogen-bond acceptors (Lipinski definition) is 7. The number of pyridine rings is 2. The molecule has 2 aromatic rings. The zero-order valence-corrected chi connectivity index (χ0v) is 18.0. The molecule has 0 radical (unpaired) electrons. The third kappa shape index (κ3) is 4.92. The first-order valence-electron chi connectivity index (χ1n) is 9.50. The predicted molar refractivity (Wildman–Crippen MR) is 122 cm³/mol. The molecule has 29 heavy (non-hydrogen) atoms. The summed E-state index contributed by atoms with van der Waals surface area (Å²) >= 11 is 1.71. The lowest BCUT2D eigenvalue weighted by atomic mass is 10.3. The lowest BCUT2D eigenvalue weighted by Gasteiger charge is -2.20. The van der Waals surface area contributed by atoms with E-state index < -0.39 is 0 Å². The van der Waals surface area contributed by atoms with Crippen molar-refractivity contribution in [3.63, 3.8) is 0 Å². The van der Waals surface area contributed by atoms with Crippen LogP contribution in [0.25, 0.3) is 0 Å². The molecule has 0 spiro atoms. The van der Waals surface area contributed by atoms with Gasteiger partial charge in [0.25, 0.3) is 0 Å². The largest absolute Gasteiger partial charge is 0.461 e. The van der Waals surface area contributed by atoms with Gasteiger partial charge in [-0.2, -0.15) is 0 Å². The molecule has 2 aromatic heterocycles. The van der Waals surface area contributed by atoms with Crippen LogP contribution in [0.5, 0.6) is 5.75 Å². The van der Waals surface area contributed by atoms with Crippen LogP contribution in [0.1, 0.15) is 25.8 Å². The van der Waals surface area contributed by atoms with Crippen molar-refractivity contribution in [3.8, 4) is 5.75 Å². The second-order valence-electron chi connectivity index (χ2n) is 6.35. The molecule has 1 aliphatic heterocycles. The lowest BCUT2D eigenvalue weighted by molar-refractivity contribution is 0.230. The highest BCUT2D eigenvalue weighted by Crippen LogP contribution is 2.39. The van der Waals surface area contributed by atoms with Crippen molar-refractivity contribution in [2.24, 2.45) is 0 Å². The number of anilines is 2. The molecule has 3 heterocycles. The van der Waals surface area contributed by atoms with E-state index >= 15 is 0 Å². The van der Waals surface area contributed by atoms with Gasteiger partial charge in [-0.25, -0.2) is 9.97 Å². The topological polar surface area (TPSA) is 62.3 Å². The van der Waals surface area contributed by atoms with E-state index in [1.165, 1.54) is 4.91 Å². The molecule has 2 N–H and O–H groups in total. The Morgan fingerprint density at radius 2 is 2.14 bits per heavy atom. The summed E-state index contributed by atoms with van der Waals surface area (Å²) in [6.07, 6.45) is 11.8. The monoisotopic (exact) mass is 409 g/mol. The van der Waals surface area contributed by atoms with Gasteiger partial charge in [0.15, 0.2) is 11.6 Å². The van der Waals surface area contributed by atoms with E-state index in [1.54, 1.807) is 18.0 Å². The SMILES string of the molecule is C\C=C/C=C(SC)\C(=C/C)NCNc1cccc(C2Oc3cccnc3N2C)n1. The molecule has 0 bridgehead atoms. The molecule has 152 valence electrons. The lowest BCUT2D eigenvalue weighted by Crippen LogP contribution is -2.25. The number of hydrogen-bond donors (Lipinski definition) is 2. The maximum Gasteiger partial charge on any atom is 0.217 e. The number of fused-ring (bicyclic) bond motifs is 1. The second-order valence-corrected chi connectivity index (χ2v) is 7.20. The highest BCUT2D eigenvalue weighted by molar-refractivity contribution is 8.02. The highest BCUT2D eigenvalue weighted by atomic mass is 32.2. The van der Waals surface area contributed by atoms with Crippen LogP contribution in [0.2, 0.25) is 0 Å². The summed E-state index contributed by atoms with van der Waals surface area (Å²) < 4.78 is 6.04. The summed E-state index contributed by atoms with van der Waals surface area (Å²) in [4.78, 5) is 12.3. The first kappa shape index (κ1) is 20.8. The predicted octanol–water partition coefficient (Wildman–Crippen LogP) is 4.69. The van der Waals surface area contributed by atoms with Crippen LogP contribution in [-0.2, 0) is 0 Å². The van der Waals surface area contributed by atoms with Crippen molar-refractivity contribution < 1.29 is 4.74 Å². The second kappa shape index (κ2) is 10.0. The molecule has 0 aliphatic carbocycles. The average molecular weight is 410 g/mol. The first-order chi connectivity index (χ1) is 14.2. The summed E-state index contributed by atoms with van der Waals surface area (Å²) in [6, 6.07) is 9.70. The van der Waals surface area contributed by atoms with Gasteiger partial charge in [0.2, 0.25) is 6.23 Å². The van der Waals surface area contributed by atoms with Gasteiger partial charge in [-0.3, -0.25) is 0 Å². The van der Waals surface area contributed by atoms with E-state index in [9.17, 15) is 0 Å². The molecule has 0 saturated heterocycles. The fourth-order valence-electron chi connectivity index (χ4n) is 3.01. The van der Waals surface area contributed by atoms with Gasteiger partial charge in [-0.1, -0.05) is 24.3 Å². The van der Waals surface area contributed by atoms with Crippen molar-refractivity contribution in [1.82, 2.24) is 15.3 Å². The van der Waals surface area contributed by atoms with Gasteiger partial charge in [0, 0.05) is 23.8 Å². The van der Waals surface area contributed by atoms with Crippen LogP contribution in [-0.4, -0.2) is 29.9 Å². The summed E-state index contributed by atoms with van der Waals surface area (Å²) in [6.45, 7) is 4.60. The standard InChI is InChI=1S/C22H27N5OS/c1-5-7-12-19(29-4)16(6-2)24-15-25-20-13-8-10-17(26-20)22-27(3)21-18(28-22)11-9-14-23-21/h5-14,22,24H,15H2,1-4H3,(H,25,26)/b7-5-,16-6+,19-12+. The molecule has 1 aliphatic rings. The summed E-state index contributed by atoms with van der Waals surface area (Å²) in [7, 11) is 1.96. The van der Waals surface area contributed by atoms with Crippen molar-refractivity contribution in [2.75, 3.05) is 30.2 Å². The molecule has 1 unspecified atom stereocenters. The quantitative estimate of drug-likeness (QED) is 0.484. The van der Waals surface area contributed by atoms with E-state index in [0.717, 1.165) is 28.8 Å². The molecule has 0 amide bonds. The van der Waals surface area contributed by atoms with Crippen LogP contribution in [0.15, 0.2) is 71.4 Å². The van der Waals surface area contributed by atoms with E-state index in [1.807, 2.05) is 68.3 Å². The smallest absolute Gasteiger partial charge is 0.217 e. The van der Waals surface area contributed by atoms with Crippen molar-refractivity contribution in [1.29, 1.82) is 0 Å². The molecule has 0 aromatic carbocycles. The molecule has 1 atom stereocenters. The van der Waals surface area contributed by atoms with Gasteiger partial charge < -0.3 is 20.3 Å². The van der Waals surface area contributed by atoms with E-state index in [-0.39, 0.29) is 6.23 Å². The summed E-state index contributed by atoms with van der Waals surface area (Å²) in [5, 5.41) is 6.76. The normalized spacial score (nSPS) is 16.7. The van der Waals surface area contributed by atoms with Crippen molar-refractivity contribution in [3.05, 3.63) is 77.1 Å². The first-order valence-corrected chi connectivity index (χ1v) is 10.7. The van der Waals surface area contributed by atoms with E-state index in [2.05, 4.69) is 34.0 Å². The average Bonchev–Trinajstić information content (AvgIpc) is 3.10. The van der Waals surface area contributed by atoms with Gasteiger partial charge >= 0.3 is 0 Å². The minimum atomic E-state index is -0.285. The molecular formula is C22H27N5OS. The number of aromatic nitrogens is 2. The number of ether oxygens (including phenoxy) is 1. The molecule has 0 fully saturated rings. The third-order valence-corrected chi connectivity index (χ3v) is 5.26. The zero-order chi connectivity index (χ0) is 20.6. The van der Waals surface area contributed by atoms with E-state index in [4.69, 9.17) is 9.72 Å². The van der Waals surface area contributed by atoms with E-state index in [0.29, 0.717) is 6.67 Å². The molecule has 0 saturated carbocycles. The Morgan fingerprint density at radius 1 is 1.28 bits per heavy atom.